The van der Waals surface area contributed by atoms with Crippen molar-refractivity contribution >= 4 is 22.5 Å². The second kappa shape index (κ2) is 9.51. The first kappa shape index (κ1) is 21.9. The SMILES string of the molecule is Cc1ccc(OCC(=O)N2CCN(c3ccc(-c4ccc5ccccc5c4)nn3)CC2)c(C)c1. The minimum atomic E-state index is 0.0114. The molecule has 1 fully saturated rings. The lowest BCUT2D eigenvalue weighted by Crippen LogP contribution is -2.50. The number of carbonyl (C=O) groups is 1. The van der Waals surface area contributed by atoms with Crippen molar-refractivity contribution in [2.75, 3.05) is 37.7 Å². The fourth-order valence-corrected chi connectivity index (χ4v) is 4.37. The highest BCUT2D eigenvalue weighted by Crippen LogP contribution is 2.24. The van der Waals surface area contributed by atoms with Crippen LogP contribution in [0, 0.1) is 13.8 Å². The number of hydrogen-bond acceptors (Lipinski definition) is 5. The average molecular weight is 453 g/mol. The number of ether oxygens (including phenoxy) is 1. The number of amides is 1. The molecule has 5 rings (SSSR count). The summed E-state index contributed by atoms with van der Waals surface area (Å²) in [5.74, 6) is 1.61. The van der Waals surface area contributed by atoms with Crippen molar-refractivity contribution in [1.29, 1.82) is 0 Å². The Hall–Kier alpha value is -3.93. The summed E-state index contributed by atoms with van der Waals surface area (Å²) >= 11 is 0. The van der Waals surface area contributed by atoms with E-state index in [9.17, 15) is 4.79 Å². The van der Waals surface area contributed by atoms with E-state index in [1.807, 2.05) is 55.1 Å². The summed E-state index contributed by atoms with van der Waals surface area (Å²) in [7, 11) is 0. The Labute approximate surface area is 199 Å². The molecule has 1 amide bonds. The Morgan fingerprint density at radius 3 is 2.38 bits per heavy atom. The van der Waals surface area contributed by atoms with Gasteiger partial charge in [0.15, 0.2) is 12.4 Å². The van der Waals surface area contributed by atoms with Crippen LogP contribution in [0.2, 0.25) is 0 Å². The van der Waals surface area contributed by atoms with E-state index in [1.165, 1.54) is 16.3 Å². The zero-order valence-corrected chi connectivity index (χ0v) is 19.6. The Kier molecular flexibility index (Phi) is 6.12. The molecule has 172 valence electrons. The molecule has 1 aromatic heterocycles. The van der Waals surface area contributed by atoms with Crippen LogP contribution >= 0.6 is 0 Å². The maximum Gasteiger partial charge on any atom is 0.260 e. The summed E-state index contributed by atoms with van der Waals surface area (Å²) in [5.41, 5.74) is 4.13. The standard InChI is InChI=1S/C28H28N4O2/c1-20-7-11-26(21(2)17-20)34-19-28(33)32-15-13-31(14-16-32)27-12-10-25(29-30-27)24-9-8-22-5-3-4-6-23(22)18-24/h3-12,17-18H,13-16,19H2,1-2H3. The van der Waals surface area contributed by atoms with Gasteiger partial charge in [-0.25, -0.2) is 0 Å². The number of aryl methyl sites for hydroxylation is 2. The Balaban J connectivity index is 1.17. The highest BCUT2D eigenvalue weighted by atomic mass is 16.5. The van der Waals surface area contributed by atoms with E-state index in [2.05, 4.69) is 51.5 Å². The van der Waals surface area contributed by atoms with Crippen molar-refractivity contribution in [2.45, 2.75) is 13.8 Å². The highest BCUT2D eigenvalue weighted by molar-refractivity contribution is 5.86. The van der Waals surface area contributed by atoms with Crippen molar-refractivity contribution in [3.05, 3.63) is 83.9 Å². The number of carbonyl (C=O) groups excluding carboxylic acids is 1. The minimum absolute atomic E-state index is 0.0114. The lowest BCUT2D eigenvalue weighted by atomic mass is 10.1. The van der Waals surface area contributed by atoms with Crippen LogP contribution in [0.5, 0.6) is 5.75 Å². The summed E-state index contributed by atoms with van der Waals surface area (Å²) < 4.78 is 5.77. The highest BCUT2D eigenvalue weighted by Gasteiger charge is 2.22. The molecule has 1 saturated heterocycles. The molecule has 1 aliphatic rings. The molecular weight excluding hydrogens is 424 g/mol. The molecule has 0 spiro atoms. The van der Waals surface area contributed by atoms with Crippen LogP contribution in [0.25, 0.3) is 22.0 Å². The monoisotopic (exact) mass is 452 g/mol. The summed E-state index contributed by atoms with van der Waals surface area (Å²) in [6.45, 7) is 6.83. The van der Waals surface area contributed by atoms with Gasteiger partial charge in [-0.1, -0.05) is 54.1 Å². The maximum absolute atomic E-state index is 12.6. The van der Waals surface area contributed by atoms with Crippen LogP contribution in [0.3, 0.4) is 0 Å². The molecule has 4 aromatic rings. The van der Waals surface area contributed by atoms with Crippen LogP contribution in [-0.4, -0.2) is 53.8 Å². The van der Waals surface area contributed by atoms with Crippen molar-refractivity contribution in [1.82, 2.24) is 15.1 Å². The van der Waals surface area contributed by atoms with Gasteiger partial charge in [0.2, 0.25) is 0 Å². The van der Waals surface area contributed by atoms with Gasteiger partial charge in [-0.15, -0.1) is 10.2 Å². The third-order valence-corrected chi connectivity index (χ3v) is 6.33. The van der Waals surface area contributed by atoms with Crippen molar-refractivity contribution in [2.24, 2.45) is 0 Å². The second-order valence-corrected chi connectivity index (χ2v) is 8.76. The smallest absolute Gasteiger partial charge is 0.260 e. The number of aromatic nitrogens is 2. The summed E-state index contributed by atoms with van der Waals surface area (Å²) in [5, 5.41) is 11.3. The van der Waals surface area contributed by atoms with Gasteiger partial charge < -0.3 is 14.5 Å². The van der Waals surface area contributed by atoms with Crippen LogP contribution in [0.4, 0.5) is 5.82 Å². The number of nitrogens with zero attached hydrogens (tertiary/aromatic N) is 4. The summed E-state index contributed by atoms with van der Waals surface area (Å²) in [6, 6.07) is 24.6. The topological polar surface area (TPSA) is 58.6 Å². The third-order valence-electron chi connectivity index (χ3n) is 6.33. The van der Waals surface area contributed by atoms with Gasteiger partial charge in [0.05, 0.1) is 5.69 Å². The van der Waals surface area contributed by atoms with Gasteiger partial charge in [0.25, 0.3) is 5.91 Å². The van der Waals surface area contributed by atoms with E-state index in [0.29, 0.717) is 13.1 Å². The van der Waals surface area contributed by atoms with E-state index in [0.717, 1.165) is 41.5 Å². The second-order valence-electron chi connectivity index (χ2n) is 8.76. The molecule has 0 aliphatic carbocycles. The fourth-order valence-electron chi connectivity index (χ4n) is 4.37. The van der Waals surface area contributed by atoms with Crippen molar-refractivity contribution in [3.8, 4) is 17.0 Å². The van der Waals surface area contributed by atoms with E-state index in [-0.39, 0.29) is 12.5 Å². The number of benzene rings is 3. The molecular formula is C28H28N4O2. The molecule has 0 atom stereocenters. The van der Waals surface area contributed by atoms with Gasteiger partial charge in [0.1, 0.15) is 5.75 Å². The number of piperazine rings is 1. The number of rotatable bonds is 5. The molecule has 6 nitrogen and oxygen atoms in total. The van der Waals surface area contributed by atoms with Gasteiger partial charge in [-0.3, -0.25) is 4.79 Å². The van der Waals surface area contributed by atoms with Crippen molar-refractivity contribution in [3.63, 3.8) is 0 Å². The first-order valence-corrected chi connectivity index (χ1v) is 11.6. The molecule has 6 heteroatoms. The molecule has 0 N–H and O–H groups in total. The normalized spacial score (nSPS) is 13.8. The average Bonchev–Trinajstić information content (AvgIpc) is 2.88. The quantitative estimate of drug-likeness (QED) is 0.442. The molecule has 34 heavy (non-hydrogen) atoms. The maximum atomic E-state index is 12.6. The summed E-state index contributed by atoms with van der Waals surface area (Å²) in [4.78, 5) is 16.7. The lowest BCUT2D eigenvalue weighted by molar-refractivity contribution is -0.133. The molecule has 1 aliphatic heterocycles. The number of anilines is 1. The van der Waals surface area contributed by atoms with E-state index >= 15 is 0 Å². The van der Waals surface area contributed by atoms with Gasteiger partial charge in [-0.2, -0.15) is 0 Å². The van der Waals surface area contributed by atoms with E-state index in [4.69, 9.17) is 4.74 Å². The third kappa shape index (κ3) is 4.71. The van der Waals surface area contributed by atoms with Crippen molar-refractivity contribution < 1.29 is 9.53 Å². The molecule has 2 heterocycles. The molecule has 3 aromatic carbocycles. The van der Waals surface area contributed by atoms with Crippen LogP contribution in [-0.2, 0) is 4.79 Å². The number of hydrogen-bond donors (Lipinski definition) is 0. The zero-order valence-electron chi connectivity index (χ0n) is 19.6. The van der Waals surface area contributed by atoms with E-state index < -0.39 is 0 Å². The van der Waals surface area contributed by atoms with Gasteiger partial charge in [0, 0.05) is 31.7 Å². The Bertz CT molecular complexity index is 1310. The Morgan fingerprint density at radius 1 is 0.853 bits per heavy atom. The van der Waals surface area contributed by atoms with E-state index in [1.54, 1.807) is 0 Å². The summed E-state index contributed by atoms with van der Waals surface area (Å²) in [6.07, 6.45) is 0. The zero-order chi connectivity index (χ0) is 23.5. The Morgan fingerprint density at radius 2 is 1.65 bits per heavy atom. The fraction of sp³-hybridized carbons (Fsp3) is 0.250. The number of fused-ring (bicyclic) bond motifs is 1. The van der Waals surface area contributed by atoms with Crippen LogP contribution in [0.1, 0.15) is 11.1 Å². The molecule has 0 saturated carbocycles. The first-order valence-electron chi connectivity index (χ1n) is 11.6. The molecule has 0 unspecified atom stereocenters. The predicted molar refractivity (Wildman–Crippen MR) is 135 cm³/mol. The molecule has 0 radical (unpaired) electrons. The van der Waals surface area contributed by atoms with Crippen LogP contribution < -0.4 is 9.64 Å². The minimum Gasteiger partial charge on any atom is -0.484 e. The van der Waals surface area contributed by atoms with Gasteiger partial charge >= 0.3 is 0 Å². The lowest BCUT2D eigenvalue weighted by Gasteiger charge is -2.35. The van der Waals surface area contributed by atoms with Crippen LogP contribution in [0.15, 0.2) is 72.8 Å². The predicted octanol–water partition coefficient (Wildman–Crippen LogP) is 4.64. The first-order chi connectivity index (χ1) is 16.6. The van der Waals surface area contributed by atoms with Gasteiger partial charge in [-0.05, 0) is 54.4 Å². The largest absolute Gasteiger partial charge is 0.484 e. The molecule has 0 bridgehead atoms.